The second-order valence-electron chi connectivity index (χ2n) is 4.76. The third-order valence-electron chi connectivity index (χ3n) is 3.03. The van der Waals surface area contributed by atoms with Gasteiger partial charge in [-0.2, -0.15) is 13.2 Å². The van der Waals surface area contributed by atoms with E-state index in [2.05, 4.69) is 15.3 Å². The van der Waals surface area contributed by atoms with Gasteiger partial charge in [0.25, 0.3) is 11.6 Å². The molecular weight excluding hydrogens is 329 g/mol. The lowest BCUT2D eigenvalue weighted by molar-refractivity contribution is -0.385. The van der Waals surface area contributed by atoms with Crippen molar-refractivity contribution in [1.82, 2.24) is 15.3 Å². The largest absolute Gasteiger partial charge is 0.416 e. The Hall–Kier alpha value is -3.04. The first-order valence-corrected chi connectivity index (χ1v) is 6.61. The summed E-state index contributed by atoms with van der Waals surface area (Å²) < 4.78 is 37.9. The second-order valence-corrected chi connectivity index (χ2v) is 4.76. The van der Waals surface area contributed by atoms with E-state index in [4.69, 9.17) is 0 Å². The Morgan fingerprint density at radius 2 is 2.04 bits per heavy atom. The summed E-state index contributed by atoms with van der Waals surface area (Å²) in [5.74, 6) is -0.394. The molecule has 0 fully saturated rings. The monoisotopic (exact) mass is 340 g/mol. The van der Waals surface area contributed by atoms with E-state index in [9.17, 15) is 28.1 Å². The van der Waals surface area contributed by atoms with Gasteiger partial charge >= 0.3 is 6.18 Å². The molecule has 2 aromatic rings. The van der Waals surface area contributed by atoms with E-state index in [1.54, 1.807) is 6.92 Å². The molecule has 2 rings (SSSR count). The third-order valence-corrected chi connectivity index (χ3v) is 3.03. The van der Waals surface area contributed by atoms with Gasteiger partial charge in [-0.3, -0.25) is 14.9 Å². The average molecular weight is 340 g/mol. The molecule has 1 aromatic carbocycles. The number of carbonyl (C=O) groups is 1. The predicted molar refractivity (Wildman–Crippen MR) is 76.0 cm³/mol. The molecule has 0 spiro atoms. The summed E-state index contributed by atoms with van der Waals surface area (Å²) in [6.45, 7) is 1.60. The zero-order chi connectivity index (χ0) is 17.9. The quantitative estimate of drug-likeness (QED) is 0.681. The maximum atomic E-state index is 12.6. The summed E-state index contributed by atoms with van der Waals surface area (Å²) in [4.78, 5) is 29.9. The van der Waals surface area contributed by atoms with Crippen LogP contribution in [0.15, 0.2) is 30.5 Å². The van der Waals surface area contributed by atoms with Gasteiger partial charge in [-0.15, -0.1) is 0 Å². The maximum absolute atomic E-state index is 12.6. The van der Waals surface area contributed by atoms with Crippen LogP contribution in [0.4, 0.5) is 18.9 Å². The van der Waals surface area contributed by atoms with Crippen molar-refractivity contribution in [3.63, 3.8) is 0 Å². The molecular formula is C14H11F3N4O3. The van der Waals surface area contributed by atoms with Gasteiger partial charge in [-0.05, 0) is 25.1 Å². The Morgan fingerprint density at radius 1 is 1.33 bits per heavy atom. The molecule has 10 heteroatoms. The molecule has 0 unspecified atom stereocenters. The Balaban J connectivity index is 2.24. The van der Waals surface area contributed by atoms with E-state index in [0.717, 1.165) is 6.07 Å². The van der Waals surface area contributed by atoms with Crippen LogP contribution >= 0.6 is 0 Å². The standard InChI is InChI=1S/C14H11F3N4O3/c1-8-18-5-4-10(20-8)7-19-13(22)11-3-2-9(14(15,16)17)6-12(11)21(23)24/h2-6H,7H2,1H3,(H,19,22). The lowest BCUT2D eigenvalue weighted by Crippen LogP contribution is -2.24. The van der Waals surface area contributed by atoms with Gasteiger partial charge in [-0.1, -0.05) is 0 Å². The first-order chi connectivity index (χ1) is 11.2. The van der Waals surface area contributed by atoms with Crippen LogP contribution in [0.2, 0.25) is 0 Å². The van der Waals surface area contributed by atoms with Crippen molar-refractivity contribution in [1.29, 1.82) is 0 Å². The fourth-order valence-electron chi connectivity index (χ4n) is 1.92. The van der Waals surface area contributed by atoms with Gasteiger partial charge in [0.05, 0.1) is 22.7 Å². The number of amides is 1. The van der Waals surface area contributed by atoms with Crippen LogP contribution < -0.4 is 5.32 Å². The van der Waals surface area contributed by atoms with Gasteiger partial charge in [0.2, 0.25) is 0 Å². The molecule has 126 valence electrons. The minimum atomic E-state index is -4.74. The Morgan fingerprint density at radius 3 is 2.62 bits per heavy atom. The first kappa shape index (κ1) is 17.3. The Labute approximate surface area is 133 Å². The summed E-state index contributed by atoms with van der Waals surface area (Å²) in [5.41, 5.74) is -2.11. The van der Waals surface area contributed by atoms with E-state index >= 15 is 0 Å². The molecule has 24 heavy (non-hydrogen) atoms. The van der Waals surface area contributed by atoms with Crippen LogP contribution in [0.5, 0.6) is 0 Å². The molecule has 0 aliphatic heterocycles. The van der Waals surface area contributed by atoms with E-state index < -0.39 is 33.8 Å². The van der Waals surface area contributed by atoms with Gasteiger partial charge in [-0.25, -0.2) is 9.97 Å². The molecule has 0 radical (unpaired) electrons. The number of hydrogen-bond donors (Lipinski definition) is 1. The molecule has 1 amide bonds. The van der Waals surface area contributed by atoms with Crippen molar-refractivity contribution in [3.05, 3.63) is 63.2 Å². The van der Waals surface area contributed by atoms with Gasteiger partial charge in [0, 0.05) is 12.3 Å². The molecule has 0 saturated heterocycles. The summed E-state index contributed by atoms with van der Waals surface area (Å²) in [5, 5.41) is 13.3. The van der Waals surface area contributed by atoms with Crippen LogP contribution in [0, 0.1) is 17.0 Å². The predicted octanol–water partition coefficient (Wildman–Crippen LogP) is 2.64. The normalized spacial score (nSPS) is 11.2. The number of nitro groups is 1. The minimum Gasteiger partial charge on any atom is -0.346 e. The Bertz CT molecular complexity index is 793. The van der Waals surface area contributed by atoms with Crippen molar-refractivity contribution >= 4 is 11.6 Å². The van der Waals surface area contributed by atoms with Crippen molar-refractivity contribution in [2.75, 3.05) is 0 Å². The lowest BCUT2D eigenvalue weighted by atomic mass is 10.1. The zero-order valence-electron chi connectivity index (χ0n) is 12.3. The topological polar surface area (TPSA) is 98.0 Å². The molecule has 1 N–H and O–H groups in total. The number of nitrogens with one attached hydrogen (secondary N) is 1. The molecule has 0 aliphatic rings. The third kappa shape index (κ3) is 4.03. The smallest absolute Gasteiger partial charge is 0.346 e. The lowest BCUT2D eigenvalue weighted by Gasteiger charge is -2.09. The molecule has 0 bridgehead atoms. The summed E-state index contributed by atoms with van der Waals surface area (Å²) in [6, 6.07) is 3.27. The van der Waals surface area contributed by atoms with Crippen LogP contribution in [0.3, 0.4) is 0 Å². The number of benzene rings is 1. The molecule has 0 atom stereocenters. The first-order valence-electron chi connectivity index (χ1n) is 6.61. The van der Waals surface area contributed by atoms with Crippen LogP contribution in [-0.2, 0) is 12.7 Å². The highest BCUT2D eigenvalue weighted by molar-refractivity contribution is 5.98. The fourth-order valence-corrected chi connectivity index (χ4v) is 1.92. The number of aryl methyl sites for hydroxylation is 1. The number of hydrogen-bond acceptors (Lipinski definition) is 5. The summed E-state index contributed by atoms with van der Waals surface area (Å²) in [7, 11) is 0. The van der Waals surface area contributed by atoms with Gasteiger partial charge < -0.3 is 5.32 Å². The average Bonchev–Trinajstić information content (AvgIpc) is 2.51. The number of aromatic nitrogens is 2. The molecule has 7 nitrogen and oxygen atoms in total. The number of alkyl halides is 3. The fraction of sp³-hybridized carbons (Fsp3) is 0.214. The highest BCUT2D eigenvalue weighted by Crippen LogP contribution is 2.32. The molecule has 0 saturated carbocycles. The van der Waals surface area contributed by atoms with Crippen molar-refractivity contribution < 1.29 is 22.9 Å². The summed E-state index contributed by atoms with van der Waals surface area (Å²) >= 11 is 0. The van der Waals surface area contributed by atoms with Crippen molar-refractivity contribution in [3.8, 4) is 0 Å². The Kier molecular flexibility index (Phi) is 4.77. The van der Waals surface area contributed by atoms with E-state index in [-0.39, 0.29) is 6.54 Å². The summed E-state index contributed by atoms with van der Waals surface area (Å²) in [6.07, 6.45) is -3.26. The van der Waals surface area contributed by atoms with Crippen molar-refractivity contribution in [2.45, 2.75) is 19.6 Å². The zero-order valence-corrected chi connectivity index (χ0v) is 12.3. The van der Waals surface area contributed by atoms with Crippen molar-refractivity contribution in [2.24, 2.45) is 0 Å². The number of halogens is 3. The van der Waals surface area contributed by atoms with E-state index in [1.807, 2.05) is 0 Å². The molecule has 1 heterocycles. The highest BCUT2D eigenvalue weighted by Gasteiger charge is 2.33. The van der Waals surface area contributed by atoms with Crippen LogP contribution in [-0.4, -0.2) is 20.8 Å². The molecule has 0 aliphatic carbocycles. The number of carbonyl (C=O) groups excluding carboxylic acids is 1. The van der Waals surface area contributed by atoms with Gasteiger partial charge in [0.1, 0.15) is 11.4 Å². The van der Waals surface area contributed by atoms with E-state index in [0.29, 0.717) is 23.7 Å². The van der Waals surface area contributed by atoms with E-state index in [1.165, 1.54) is 12.3 Å². The number of nitro benzene ring substituents is 1. The molecule has 1 aromatic heterocycles. The highest BCUT2D eigenvalue weighted by atomic mass is 19.4. The minimum absolute atomic E-state index is 0.0413. The SMILES string of the molecule is Cc1nccc(CNC(=O)c2ccc(C(F)(F)F)cc2[N+](=O)[O-])n1. The number of nitrogens with zero attached hydrogens (tertiary/aromatic N) is 3. The second kappa shape index (κ2) is 6.60. The number of rotatable bonds is 4. The van der Waals surface area contributed by atoms with Crippen LogP contribution in [0.1, 0.15) is 27.4 Å². The maximum Gasteiger partial charge on any atom is 0.416 e. The van der Waals surface area contributed by atoms with Gasteiger partial charge in [0.15, 0.2) is 0 Å². The van der Waals surface area contributed by atoms with Crippen LogP contribution in [0.25, 0.3) is 0 Å².